The summed E-state index contributed by atoms with van der Waals surface area (Å²) in [5, 5.41) is 0. The number of fused-ring (bicyclic) bond motifs is 1. The van der Waals surface area contributed by atoms with Gasteiger partial charge in [-0.2, -0.15) is 0 Å². The van der Waals surface area contributed by atoms with Crippen molar-refractivity contribution in [3.05, 3.63) is 94.0 Å². The highest BCUT2D eigenvalue weighted by molar-refractivity contribution is 8.82. The summed E-state index contributed by atoms with van der Waals surface area (Å²) in [5.74, 6) is 0.627. The van der Waals surface area contributed by atoms with Crippen LogP contribution in [-0.2, 0) is 9.59 Å². The molecular weight excluding hydrogens is 496 g/mol. The van der Waals surface area contributed by atoms with Crippen molar-refractivity contribution in [1.29, 1.82) is 0 Å². The summed E-state index contributed by atoms with van der Waals surface area (Å²) in [6, 6.07) is 7.69. The van der Waals surface area contributed by atoms with Crippen molar-refractivity contribution in [1.82, 2.24) is 0 Å². The molecule has 1 aromatic carbocycles. The van der Waals surface area contributed by atoms with Crippen LogP contribution in [0.2, 0.25) is 0 Å². The second kappa shape index (κ2) is 13.3. The normalized spacial score (nSPS) is 17.4. The fourth-order valence-corrected chi connectivity index (χ4v) is 7.02. The maximum atomic E-state index is 12.7. The first-order valence-electron chi connectivity index (χ1n) is 13.3. The van der Waals surface area contributed by atoms with Crippen LogP contribution >= 0.6 is 21.6 Å². The van der Waals surface area contributed by atoms with Crippen molar-refractivity contribution >= 4 is 38.2 Å². The molecule has 194 valence electrons. The van der Waals surface area contributed by atoms with Gasteiger partial charge in [-0.1, -0.05) is 91.1 Å². The van der Waals surface area contributed by atoms with Crippen molar-refractivity contribution in [3.8, 4) is 5.75 Å². The van der Waals surface area contributed by atoms with Gasteiger partial charge in [-0.25, -0.2) is 0 Å². The Hall–Kier alpha value is -2.50. The molecule has 0 N–H and O–H groups in total. The van der Waals surface area contributed by atoms with E-state index in [1.807, 2.05) is 31.2 Å². The van der Waals surface area contributed by atoms with E-state index in [0.29, 0.717) is 12.2 Å². The Morgan fingerprint density at radius 3 is 2.22 bits per heavy atom. The molecular formula is C32H36O3S2. The highest BCUT2D eigenvalue weighted by Crippen LogP contribution is 2.48. The predicted octanol–water partition coefficient (Wildman–Crippen LogP) is 9.45. The number of allylic oxidation sites excluding steroid dienone is 8. The summed E-state index contributed by atoms with van der Waals surface area (Å²) >= 11 is 0. The van der Waals surface area contributed by atoms with E-state index in [1.54, 1.807) is 21.6 Å². The number of hydrogen-bond donors (Lipinski definition) is 0. The molecule has 0 bridgehead atoms. The maximum absolute atomic E-state index is 12.7. The summed E-state index contributed by atoms with van der Waals surface area (Å²) in [4.78, 5) is 27.2. The summed E-state index contributed by atoms with van der Waals surface area (Å²) in [5.41, 5.74) is 6.15. The Balaban J connectivity index is 1.07. The van der Waals surface area contributed by atoms with Crippen LogP contribution in [0.4, 0.5) is 0 Å². The number of Topliss-reactive ketones (excluding diaryl/α,β-unsaturated/α-hetero) is 1. The maximum Gasteiger partial charge on any atom is 0.311 e. The Bertz CT molecular complexity index is 1190. The van der Waals surface area contributed by atoms with Gasteiger partial charge in [-0.15, -0.1) is 0 Å². The third kappa shape index (κ3) is 7.30. The first kappa shape index (κ1) is 27.5. The summed E-state index contributed by atoms with van der Waals surface area (Å²) < 4.78 is 5.50. The lowest BCUT2D eigenvalue weighted by Gasteiger charge is -2.26. The van der Waals surface area contributed by atoms with Gasteiger partial charge in [0.25, 0.3) is 0 Å². The number of ether oxygens (including phenoxy) is 1. The molecule has 0 amide bonds. The molecule has 0 fully saturated rings. The van der Waals surface area contributed by atoms with Gasteiger partial charge < -0.3 is 4.74 Å². The van der Waals surface area contributed by atoms with Crippen LogP contribution in [0.15, 0.2) is 88.4 Å². The van der Waals surface area contributed by atoms with Crippen LogP contribution in [0.25, 0.3) is 4.91 Å². The second-order valence-electron chi connectivity index (χ2n) is 9.84. The van der Waals surface area contributed by atoms with Gasteiger partial charge in [0, 0.05) is 27.4 Å². The van der Waals surface area contributed by atoms with E-state index in [-0.39, 0.29) is 11.8 Å². The summed E-state index contributed by atoms with van der Waals surface area (Å²) in [6.45, 7) is 10.2. The number of unbranched alkanes of at least 4 members (excludes halogenated alkanes) is 6. The zero-order valence-electron chi connectivity index (χ0n) is 21.8. The van der Waals surface area contributed by atoms with Crippen LogP contribution in [0.1, 0.15) is 83.1 Å². The van der Waals surface area contributed by atoms with Gasteiger partial charge >= 0.3 is 5.97 Å². The first-order chi connectivity index (χ1) is 17.9. The quantitative estimate of drug-likeness (QED) is 0.116. The Morgan fingerprint density at radius 1 is 0.892 bits per heavy atom. The fraction of sp³-hybridized carbons (Fsp3) is 0.375. The van der Waals surface area contributed by atoms with Crippen molar-refractivity contribution in [2.75, 3.05) is 0 Å². The topological polar surface area (TPSA) is 43.4 Å². The molecule has 5 heteroatoms. The molecule has 0 radical (unpaired) electrons. The highest BCUT2D eigenvalue weighted by Gasteiger charge is 2.28. The van der Waals surface area contributed by atoms with Crippen LogP contribution in [0.3, 0.4) is 0 Å². The number of esters is 1. The van der Waals surface area contributed by atoms with Crippen LogP contribution in [0.5, 0.6) is 5.75 Å². The third-order valence-corrected chi connectivity index (χ3v) is 9.47. The van der Waals surface area contributed by atoms with Crippen molar-refractivity contribution in [2.45, 2.75) is 77.6 Å². The smallest absolute Gasteiger partial charge is 0.311 e. The minimum Gasteiger partial charge on any atom is -0.427 e. The Kier molecular flexibility index (Phi) is 9.93. The lowest BCUT2D eigenvalue weighted by molar-refractivity contribution is -0.134. The van der Waals surface area contributed by atoms with Crippen molar-refractivity contribution < 1.29 is 14.3 Å². The fourth-order valence-electron chi connectivity index (χ4n) is 4.99. The van der Waals surface area contributed by atoms with E-state index in [4.69, 9.17) is 4.74 Å². The van der Waals surface area contributed by atoms with Crippen LogP contribution in [-0.4, -0.2) is 11.8 Å². The third-order valence-electron chi connectivity index (χ3n) is 7.09. The standard InChI is InChI=1S/C32H36O3S2/c1-22-21-30(37-36-22)25-17-19-26(20-18-25)35-31(33)16-10-8-6-4-5-7-9-13-27-23(2)28-14-11-12-15-29(28)32(34)24(27)3/h14-15,17-21H,1-2,4-13,16H2,3H3. The molecule has 0 saturated heterocycles. The molecule has 1 heterocycles. The second-order valence-corrected chi connectivity index (χ2v) is 12.1. The van der Waals surface area contributed by atoms with Gasteiger partial charge in [-0.3, -0.25) is 9.59 Å². The van der Waals surface area contributed by atoms with E-state index >= 15 is 0 Å². The zero-order valence-corrected chi connectivity index (χ0v) is 23.4. The SMILES string of the molecule is C=C1C=C(c2ccc(OC(=O)CCCCCCCCCC3=C(C)C(=O)C4=CCCC=C4C3=C)cc2)SS1. The van der Waals surface area contributed by atoms with E-state index in [1.165, 1.54) is 17.7 Å². The average Bonchev–Trinajstić information content (AvgIpc) is 3.34. The number of carbonyl (C=O) groups is 2. The lowest BCUT2D eigenvalue weighted by Crippen LogP contribution is -2.18. The minimum atomic E-state index is -0.164. The van der Waals surface area contributed by atoms with Crippen LogP contribution in [0, 0.1) is 0 Å². The monoisotopic (exact) mass is 532 g/mol. The largest absolute Gasteiger partial charge is 0.427 e. The number of rotatable bonds is 12. The molecule has 0 spiro atoms. The summed E-state index contributed by atoms with van der Waals surface area (Å²) in [6.07, 6.45) is 17.3. The van der Waals surface area contributed by atoms with Crippen molar-refractivity contribution in [3.63, 3.8) is 0 Å². The molecule has 37 heavy (non-hydrogen) atoms. The Morgan fingerprint density at radius 2 is 1.54 bits per heavy atom. The van der Waals surface area contributed by atoms with E-state index in [0.717, 1.165) is 89.7 Å². The minimum absolute atomic E-state index is 0.164. The van der Waals surface area contributed by atoms with Crippen molar-refractivity contribution in [2.24, 2.45) is 0 Å². The number of benzene rings is 1. The lowest BCUT2D eigenvalue weighted by atomic mass is 9.76. The van der Waals surface area contributed by atoms with Gasteiger partial charge in [0.1, 0.15) is 5.75 Å². The molecule has 4 rings (SSSR count). The highest BCUT2D eigenvalue weighted by atomic mass is 33.1. The first-order valence-corrected chi connectivity index (χ1v) is 15.5. The Labute approximate surface area is 229 Å². The molecule has 3 aliphatic rings. The van der Waals surface area contributed by atoms with E-state index < -0.39 is 0 Å². The van der Waals surface area contributed by atoms with Gasteiger partial charge in [0.05, 0.1) is 0 Å². The predicted molar refractivity (Wildman–Crippen MR) is 158 cm³/mol. The molecule has 0 saturated carbocycles. The molecule has 0 unspecified atom stereocenters. The molecule has 0 atom stereocenters. The molecule has 1 aromatic rings. The zero-order chi connectivity index (χ0) is 26.2. The molecule has 1 aliphatic heterocycles. The molecule has 0 aromatic heterocycles. The molecule has 3 nitrogen and oxygen atoms in total. The van der Waals surface area contributed by atoms with Crippen LogP contribution < -0.4 is 4.74 Å². The molecule has 2 aliphatic carbocycles. The van der Waals surface area contributed by atoms with E-state index in [2.05, 4.69) is 31.4 Å². The number of hydrogen-bond acceptors (Lipinski definition) is 5. The van der Waals surface area contributed by atoms with E-state index in [9.17, 15) is 9.59 Å². The van der Waals surface area contributed by atoms with Gasteiger partial charge in [0.2, 0.25) is 0 Å². The average molecular weight is 533 g/mol. The van der Waals surface area contributed by atoms with Gasteiger partial charge in [-0.05, 0) is 79.5 Å². The van der Waals surface area contributed by atoms with Gasteiger partial charge in [0.15, 0.2) is 5.78 Å². The number of carbonyl (C=O) groups excluding carboxylic acids is 2. The number of ketones is 1. The summed E-state index contributed by atoms with van der Waals surface area (Å²) in [7, 11) is 3.37.